The third-order valence-corrected chi connectivity index (χ3v) is 7.41. The van der Waals surface area contributed by atoms with Crippen molar-refractivity contribution in [1.82, 2.24) is 15.5 Å². The van der Waals surface area contributed by atoms with Crippen LogP contribution < -0.4 is 10.6 Å². The second-order valence-electron chi connectivity index (χ2n) is 9.92. The maximum absolute atomic E-state index is 12.4. The molecular weight excluding hydrogens is 310 g/mol. The van der Waals surface area contributed by atoms with Crippen LogP contribution in [0.2, 0.25) is 0 Å². The maximum atomic E-state index is 12.4. The summed E-state index contributed by atoms with van der Waals surface area (Å²) in [6.07, 6.45) is 9.36. The van der Waals surface area contributed by atoms with Gasteiger partial charge in [0.15, 0.2) is 0 Å². The molecule has 1 aliphatic heterocycles. The van der Waals surface area contributed by atoms with Gasteiger partial charge in [0.25, 0.3) is 0 Å². The number of rotatable bonds is 5. The Kier molecular flexibility index (Phi) is 5.26. The Morgan fingerprint density at radius 2 is 1.52 bits per heavy atom. The summed E-state index contributed by atoms with van der Waals surface area (Å²) in [7, 11) is 0. The zero-order valence-corrected chi connectivity index (χ0v) is 16.2. The first-order valence-electron chi connectivity index (χ1n) is 10.8. The third-order valence-electron chi connectivity index (χ3n) is 7.41. The minimum atomic E-state index is 0.0813. The lowest BCUT2D eigenvalue weighted by molar-refractivity contribution is -0.00941. The molecule has 5 rings (SSSR count). The molecule has 2 N–H and O–H groups in total. The number of nitrogens with one attached hydrogen (secondary N) is 2. The Morgan fingerprint density at radius 1 is 0.920 bits per heavy atom. The van der Waals surface area contributed by atoms with E-state index in [0.717, 1.165) is 55.0 Å². The van der Waals surface area contributed by atoms with Crippen LogP contribution in [0.3, 0.4) is 0 Å². The quantitative estimate of drug-likeness (QED) is 0.748. The summed E-state index contributed by atoms with van der Waals surface area (Å²) in [6.45, 7) is 9.10. The van der Waals surface area contributed by atoms with Crippen LogP contribution in [0.4, 0.5) is 4.79 Å². The van der Waals surface area contributed by atoms with Gasteiger partial charge < -0.3 is 15.5 Å². The van der Waals surface area contributed by atoms with Gasteiger partial charge in [0.05, 0.1) is 0 Å². The molecule has 1 heterocycles. The molecule has 4 heteroatoms. The molecular formula is C21H37N3O. The molecule has 5 aliphatic rings. The predicted molar refractivity (Wildman–Crippen MR) is 101 cm³/mol. The van der Waals surface area contributed by atoms with Crippen molar-refractivity contribution in [1.29, 1.82) is 0 Å². The van der Waals surface area contributed by atoms with Crippen molar-refractivity contribution >= 4 is 6.03 Å². The van der Waals surface area contributed by atoms with Crippen molar-refractivity contribution < 1.29 is 4.79 Å². The third kappa shape index (κ3) is 4.15. The largest absolute Gasteiger partial charge is 0.338 e. The van der Waals surface area contributed by atoms with Gasteiger partial charge in [-0.25, -0.2) is 4.79 Å². The number of hydrogen-bond donors (Lipinski definition) is 2. The van der Waals surface area contributed by atoms with E-state index in [0.29, 0.717) is 6.04 Å². The number of piperidine rings is 1. The highest BCUT2D eigenvalue weighted by Crippen LogP contribution is 2.53. The fourth-order valence-corrected chi connectivity index (χ4v) is 6.84. The van der Waals surface area contributed by atoms with Gasteiger partial charge in [0, 0.05) is 25.7 Å². The van der Waals surface area contributed by atoms with Crippen LogP contribution in [0.25, 0.3) is 0 Å². The smallest absolute Gasteiger partial charge is 0.315 e. The molecule has 4 saturated carbocycles. The van der Waals surface area contributed by atoms with Crippen LogP contribution >= 0.6 is 0 Å². The molecule has 142 valence electrons. The Hall–Kier alpha value is -0.770. The normalized spacial score (nSPS) is 43.2. The summed E-state index contributed by atoms with van der Waals surface area (Å²) in [5.41, 5.74) is 0. The number of likely N-dealkylation sites (tertiary alicyclic amines) is 1. The lowest BCUT2D eigenvalue weighted by Crippen LogP contribution is -2.57. The molecule has 0 aromatic heterocycles. The molecule has 0 aromatic rings. The highest BCUT2D eigenvalue weighted by Gasteiger charge is 2.48. The average Bonchev–Trinajstić information content (AvgIpc) is 2.53. The van der Waals surface area contributed by atoms with Crippen molar-refractivity contribution in [3.05, 3.63) is 0 Å². The first-order valence-corrected chi connectivity index (χ1v) is 10.8. The number of carbonyl (C=O) groups excluding carboxylic acids is 1. The first kappa shape index (κ1) is 17.6. The van der Waals surface area contributed by atoms with E-state index >= 15 is 0 Å². The number of carbonyl (C=O) groups is 1. The molecule has 25 heavy (non-hydrogen) atoms. The van der Waals surface area contributed by atoms with Crippen LogP contribution in [0.1, 0.15) is 58.8 Å². The lowest BCUT2D eigenvalue weighted by Gasteiger charge is -2.54. The van der Waals surface area contributed by atoms with Crippen LogP contribution in [0.15, 0.2) is 0 Å². The number of hydrogen-bond acceptors (Lipinski definition) is 2. The van der Waals surface area contributed by atoms with Crippen LogP contribution in [0.5, 0.6) is 0 Å². The van der Waals surface area contributed by atoms with Gasteiger partial charge in [-0.05, 0) is 87.0 Å². The van der Waals surface area contributed by atoms with Crippen LogP contribution in [-0.2, 0) is 0 Å². The Labute approximate surface area is 153 Å². The average molecular weight is 348 g/mol. The first-order chi connectivity index (χ1) is 12.1. The summed E-state index contributed by atoms with van der Waals surface area (Å²) >= 11 is 0. The van der Waals surface area contributed by atoms with E-state index in [1.807, 2.05) is 0 Å². The Balaban J connectivity index is 1.15. The van der Waals surface area contributed by atoms with Gasteiger partial charge in [-0.15, -0.1) is 0 Å². The molecule has 2 unspecified atom stereocenters. The van der Waals surface area contributed by atoms with Gasteiger partial charge >= 0.3 is 6.03 Å². The molecule has 0 aromatic carbocycles. The highest BCUT2D eigenvalue weighted by molar-refractivity contribution is 5.74. The minimum Gasteiger partial charge on any atom is -0.338 e. The van der Waals surface area contributed by atoms with Gasteiger partial charge in [0.1, 0.15) is 0 Å². The zero-order valence-electron chi connectivity index (χ0n) is 16.2. The predicted octanol–water partition coefficient (Wildman–Crippen LogP) is 3.48. The SMILES string of the molecule is CC1CC(C)CN(CCCNC(=O)NC2C3CC4CC(C3)CC2C4)C1. The van der Waals surface area contributed by atoms with Crippen molar-refractivity contribution in [3.8, 4) is 0 Å². The topological polar surface area (TPSA) is 44.4 Å². The molecule has 0 radical (unpaired) electrons. The number of nitrogens with zero attached hydrogens (tertiary/aromatic N) is 1. The second-order valence-corrected chi connectivity index (χ2v) is 9.92. The van der Waals surface area contributed by atoms with Crippen LogP contribution in [-0.4, -0.2) is 43.2 Å². The summed E-state index contributed by atoms with van der Waals surface area (Å²) in [5.74, 6) is 5.10. The van der Waals surface area contributed by atoms with Gasteiger partial charge in [-0.3, -0.25) is 0 Å². The highest BCUT2D eigenvalue weighted by atomic mass is 16.2. The summed E-state index contributed by atoms with van der Waals surface area (Å²) in [6, 6.07) is 0.537. The van der Waals surface area contributed by atoms with Crippen molar-refractivity contribution in [3.63, 3.8) is 0 Å². The molecule has 4 aliphatic carbocycles. The van der Waals surface area contributed by atoms with Crippen molar-refractivity contribution in [2.24, 2.45) is 35.5 Å². The fourth-order valence-electron chi connectivity index (χ4n) is 6.84. The second kappa shape index (κ2) is 7.46. The fraction of sp³-hybridized carbons (Fsp3) is 0.952. The van der Waals surface area contributed by atoms with Gasteiger partial charge in [-0.1, -0.05) is 13.8 Å². The monoisotopic (exact) mass is 347 g/mol. The number of amides is 2. The molecule has 0 spiro atoms. The Bertz CT molecular complexity index is 442. The van der Waals surface area contributed by atoms with E-state index in [-0.39, 0.29) is 6.03 Å². The molecule has 2 atom stereocenters. The van der Waals surface area contributed by atoms with E-state index in [2.05, 4.69) is 29.4 Å². The van der Waals surface area contributed by atoms with Crippen molar-refractivity contribution in [2.45, 2.75) is 64.8 Å². The summed E-state index contributed by atoms with van der Waals surface area (Å²) in [5, 5.41) is 6.48. The van der Waals surface area contributed by atoms with Crippen molar-refractivity contribution in [2.75, 3.05) is 26.2 Å². The van der Waals surface area contributed by atoms with E-state index in [1.165, 1.54) is 51.6 Å². The molecule has 1 saturated heterocycles. The summed E-state index contributed by atoms with van der Waals surface area (Å²) in [4.78, 5) is 14.9. The molecule has 4 nitrogen and oxygen atoms in total. The Morgan fingerprint density at radius 3 is 2.12 bits per heavy atom. The van der Waals surface area contributed by atoms with E-state index < -0.39 is 0 Å². The van der Waals surface area contributed by atoms with E-state index in [9.17, 15) is 4.79 Å². The standard InChI is InChI=1S/C21H37N3O/c1-14-6-15(2)13-24(12-14)5-3-4-22-21(25)23-20-18-8-16-7-17(10-18)11-19(20)9-16/h14-20H,3-13H2,1-2H3,(H2,22,23,25). The van der Waals surface area contributed by atoms with Gasteiger partial charge in [-0.2, -0.15) is 0 Å². The summed E-state index contributed by atoms with van der Waals surface area (Å²) < 4.78 is 0. The molecule has 4 bridgehead atoms. The van der Waals surface area contributed by atoms with Gasteiger partial charge in [0.2, 0.25) is 0 Å². The van der Waals surface area contributed by atoms with Crippen LogP contribution in [0, 0.1) is 35.5 Å². The minimum absolute atomic E-state index is 0.0813. The van der Waals surface area contributed by atoms with E-state index in [4.69, 9.17) is 0 Å². The number of urea groups is 1. The molecule has 2 amide bonds. The lowest BCUT2D eigenvalue weighted by atomic mass is 9.54. The van der Waals surface area contributed by atoms with E-state index in [1.54, 1.807) is 0 Å². The molecule has 5 fully saturated rings. The zero-order chi connectivity index (χ0) is 17.4. The maximum Gasteiger partial charge on any atom is 0.315 e.